The number of ether oxygens (including phenoxy) is 2. The van der Waals surface area contributed by atoms with E-state index in [-0.39, 0.29) is 11.7 Å². The van der Waals surface area contributed by atoms with E-state index in [0.717, 1.165) is 39.1 Å². The van der Waals surface area contributed by atoms with E-state index in [0.29, 0.717) is 0 Å². The molecule has 0 aliphatic carbocycles. The largest absolute Gasteiger partial charge is 0.377 e. The first-order valence-corrected chi connectivity index (χ1v) is 7.47. The van der Waals surface area contributed by atoms with Gasteiger partial charge in [-0.05, 0) is 19.3 Å². The number of likely N-dealkylation sites (tertiary alicyclic amines) is 1. The molecule has 0 saturated carbocycles. The van der Waals surface area contributed by atoms with Crippen LogP contribution in [0.25, 0.3) is 0 Å². The Morgan fingerprint density at radius 1 is 1.61 bits per heavy atom. The topological polar surface area (TPSA) is 34.6 Å². The molecule has 3 rings (SSSR count). The Morgan fingerprint density at radius 3 is 3.22 bits per heavy atom. The molecule has 1 aromatic rings. The summed E-state index contributed by atoms with van der Waals surface area (Å²) in [4.78, 5) is 7.91. The van der Waals surface area contributed by atoms with Crippen LogP contribution in [-0.4, -0.2) is 48.4 Å². The molecule has 2 atom stereocenters. The number of hydrogen-bond acceptors (Lipinski definition) is 5. The Labute approximate surface area is 112 Å². The predicted octanol–water partition coefficient (Wildman–Crippen LogP) is 1.91. The van der Waals surface area contributed by atoms with Crippen LogP contribution in [0.5, 0.6) is 0 Å². The minimum absolute atomic E-state index is 0.00104. The fourth-order valence-corrected chi connectivity index (χ4v) is 3.78. The Hall–Kier alpha value is -0.490. The van der Waals surface area contributed by atoms with Crippen LogP contribution in [0.15, 0.2) is 11.7 Å². The summed E-state index contributed by atoms with van der Waals surface area (Å²) in [5.74, 6) is 0. The standard InChI is InChI=1S/C13H20N2O2S/c1-16-12-9-15(8-11-7-14-10-18-11)5-4-13(12)3-2-6-17-13/h7,10,12H,2-6,8-9H2,1H3/t12-,13-/m0/s1. The molecule has 0 unspecified atom stereocenters. The maximum atomic E-state index is 6.01. The Morgan fingerprint density at radius 2 is 2.56 bits per heavy atom. The van der Waals surface area contributed by atoms with Crippen molar-refractivity contribution in [2.24, 2.45) is 0 Å². The van der Waals surface area contributed by atoms with Gasteiger partial charge < -0.3 is 9.47 Å². The lowest BCUT2D eigenvalue weighted by Gasteiger charge is -2.44. The lowest BCUT2D eigenvalue weighted by molar-refractivity contribution is -0.143. The third-order valence-electron chi connectivity index (χ3n) is 4.14. The summed E-state index contributed by atoms with van der Waals surface area (Å²) in [6.07, 6.45) is 5.59. The van der Waals surface area contributed by atoms with Crippen LogP contribution in [0.2, 0.25) is 0 Å². The monoisotopic (exact) mass is 268 g/mol. The summed E-state index contributed by atoms with van der Waals surface area (Å²) in [5.41, 5.74) is 1.90. The number of rotatable bonds is 3. The van der Waals surface area contributed by atoms with Crippen molar-refractivity contribution in [2.45, 2.75) is 37.5 Å². The van der Waals surface area contributed by atoms with E-state index in [1.807, 2.05) is 18.8 Å². The average molecular weight is 268 g/mol. The first-order valence-electron chi connectivity index (χ1n) is 6.59. The molecule has 1 spiro atoms. The number of hydrogen-bond donors (Lipinski definition) is 0. The average Bonchev–Trinajstić information content (AvgIpc) is 3.04. The van der Waals surface area contributed by atoms with Crippen LogP contribution in [0.1, 0.15) is 24.1 Å². The third kappa shape index (κ3) is 2.32. The SMILES string of the molecule is CO[C@H]1CN(Cc2cncs2)CC[C@@]12CCCO2. The minimum atomic E-state index is -0.00104. The second-order valence-electron chi connectivity index (χ2n) is 5.19. The van der Waals surface area contributed by atoms with E-state index < -0.39 is 0 Å². The van der Waals surface area contributed by atoms with E-state index >= 15 is 0 Å². The second kappa shape index (κ2) is 5.25. The zero-order valence-corrected chi connectivity index (χ0v) is 11.6. The van der Waals surface area contributed by atoms with E-state index in [1.54, 1.807) is 11.3 Å². The van der Waals surface area contributed by atoms with Crippen molar-refractivity contribution >= 4 is 11.3 Å². The molecule has 2 saturated heterocycles. The highest BCUT2D eigenvalue weighted by molar-refractivity contribution is 7.09. The summed E-state index contributed by atoms with van der Waals surface area (Å²) in [5, 5.41) is 0. The van der Waals surface area contributed by atoms with Crippen molar-refractivity contribution in [1.82, 2.24) is 9.88 Å². The molecule has 1 aromatic heterocycles. The van der Waals surface area contributed by atoms with Crippen molar-refractivity contribution in [3.05, 3.63) is 16.6 Å². The molecule has 2 aliphatic heterocycles. The van der Waals surface area contributed by atoms with Gasteiger partial charge in [-0.25, -0.2) is 0 Å². The van der Waals surface area contributed by atoms with Gasteiger partial charge in [-0.1, -0.05) is 0 Å². The molecule has 100 valence electrons. The normalized spacial score (nSPS) is 33.3. The molecule has 18 heavy (non-hydrogen) atoms. The molecule has 4 nitrogen and oxygen atoms in total. The minimum Gasteiger partial charge on any atom is -0.377 e. The van der Waals surface area contributed by atoms with Crippen molar-refractivity contribution in [3.63, 3.8) is 0 Å². The van der Waals surface area contributed by atoms with Crippen molar-refractivity contribution in [3.8, 4) is 0 Å². The first-order chi connectivity index (χ1) is 8.82. The zero-order chi connectivity index (χ0) is 12.4. The van der Waals surface area contributed by atoms with E-state index in [9.17, 15) is 0 Å². The molecule has 0 amide bonds. The number of thiazole rings is 1. The van der Waals surface area contributed by atoms with Crippen LogP contribution in [0, 0.1) is 0 Å². The lowest BCUT2D eigenvalue weighted by Crippen LogP contribution is -2.55. The zero-order valence-electron chi connectivity index (χ0n) is 10.8. The van der Waals surface area contributed by atoms with E-state index in [2.05, 4.69) is 9.88 Å². The predicted molar refractivity (Wildman–Crippen MR) is 70.7 cm³/mol. The van der Waals surface area contributed by atoms with Crippen LogP contribution in [0.4, 0.5) is 0 Å². The van der Waals surface area contributed by atoms with Crippen LogP contribution >= 0.6 is 11.3 Å². The highest BCUT2D eigenvalue weighted by atomic mass is 32.1. The number of aromatic nitrogens is 1. The molecule has 2 aliphatic rings. The summed E-state index contributed by atoms with van der Waals surface area (Å²) >= 11 is 1.72. The van der Waals surface area contributed by atoms with Crippen LogP contribution in [-0.2, 0) is 16.0 Å². The third-order valence-corrected chi connectivity index (χ3v) is 4.91. The van der Waals surface area contributed by atoms with Gasteiger partial charge in [0, 0.05) is 44.4 Å². The number of nitrogens with zero attached hydrogens (tertiary/aromatic N) is 2. The Kier molecular flexibility index (Phi) is 3.66. The Bertz CT molecular complexity index is 376. The van der Waals surface area contributed by atoms with Gasteiger partial charge in [-0.2, -0.15) is 0 Å². The molecule has 3 heterocycles. The van der Waals surface area contributed by atoms with E-state index in [1.165, 1.54) is 11.3 Å². The number of piperidine rings is 1. The summed E-state index contributed by atoms with van der Waals surface area (Å²) < 4.78 is 11.7. The molecule has 5 heteroatoms. The van der Waals surface area contributed by atoms with Crippen molar-refractivity contribution < 1.29 is 9.47 Å². The van der Waals surface area contributed by atoms with Crippen molar-refractivity contribution in [1.29, 1.82) is 0 Å². The molecule has 0 N–H and O–H groups in total. The summed E-state index contributed by atoms with van der Waals surface area (Å²) in [6.45, 7) is 3.95. The maximum Gasteiger partial charge on any atom is 0.0987 e. The van der Waals surface area contributed by atoms with Crippen LogP contribution in [0.3, 0.4) is 0 Å². The van der Waals surface area contributed by atoms with Gasteiger partial charge in [-0.3, -0.25) is 9.88 Å². The highest BCUT2D eigenvalue weighted by Gasteiger charge is 2.46. The highest BCUT2D eigenvalue weighted by Crippen LogP contribution is 2.37. The lowest BCUT2D eigenvalue weighted by atomic mass is 9.86. The molecule has 0 radical (unpaired) electrons. The first kappa shape index (κ1) is 12.5. The van der Waals surface area contributed by atoms with Gasteiger partial charge in [0.1, 0.15) is 0 Å². The molecular formula is C13H20N2O2S. The van der Waals surface area contributed by atoms with Crippen molar-refractivity contribution in [2.75, 3.05) is 26.8 Å². The number of methoxy groups -OCH3 is 1. The smallest absolute Gasteiger partial charge is 0.0987 e. The van der Waals surface area contributed by atoms with Gasteiger partial charge in [0.05, 0.1) is 17.2 Å². The summed E-state index contributed by atoms with van der Waals surface area (Å²) in [6, 6.07) is 0. The van der Waals surface area contributed by atoms with Gasteiger partial charge in [0.2, 0.25) is 0 Å². The Balaban J connectivity index is 1.64. The molecule has 0 aromatic carbocycles. The summed E-state index contributed by atoms with van der Waals surface area (Å²) in [7, 11) is 1.81. The maximum absolute atomic E-state index is 6.01. The van der Waals surface area contributed by atoms with Gasteiger partial charge in [0.15, 0.2) is 0 Å². The molecule has 0 bridgehead atoms. The fourth-order valence-electron chi connectivity index (χ4n) is 3.14. The van der Waals surface area contributed by atoms with Gasteiger partial charge in [0.25, 0.3) is 0 Å². The second-order valence-corrected chi connectivity index (χ2v) is 6.16. The van der Waals surface area contributed by atoms with Gasteiger partial charge >= 0.3 is 0 Å². The van der Waals surface area contributed by atoms with Gasteiger partial charge in [-0.15, -0.1) is 11.3 Å². The molecular weight excluding hydrogens is 248 g/mol. The quantitative estimate of drug-likeness (QED) is 0.839. The van der Waals surface area contributed by atoms with Crippen LogP contribution < -0.4 is 0 Å². The fraction of sp³-hybridized carbons (Fsp3) is 0.769. The molecule has 2 fully saturated rings. The van der Waals surface area contributed by atoms with E-state index in [4.69, 9.17) is 9.47 Å².